The van der Waals surface area contributed by atoms with Crippen LogP contribution in [-0.4, -0.2) is 82.0 Å². The van der Waals surface area contributed by atoms with E-state index in [1.165, 1.54) is 0 Å². The number of nitrogens with one attached hydrogen (secondary N) is 4. The molecule has 39 heavy (non-hydrogen) atoms. The molecule has 0 aliphatic carbocycles. The maximum Gasteiger partial charge on any atom is 0.326 e. The summed E-state index contributed by atoms with van der Waals surface area (Å²) in [5.41, 5.74) is 18.1. The van der Waals surface area contributed by atoms with Gasteiger partial charge in [0.05, 0.1) is 12.6 Å². The maximum atomic E-state index is 12.7. The fourth-order valence-corrected chi connectivity index (χ4v) is 3.74. The fourth-order valence-electron chi connectivity index (χ4n) is 3.74. The van der Waals surface area contributed by atoms with Gasteiger partial charge in [0.1, 0.15) is 12.1 Å². The molecule has 0 fully saturated rings. The Bertz CT molecular complexity index is 1210. The van der Waals surface area contributed by atoms with Crippen LogP contribution in [0.1, 0.15) is 31.2 Å². The van der Waals surface area contributed by atoms with Crippen molar-refractivity contribution >= 4 is 46.5 Å². The number of carbonyl (C=O) groups is 5. The van der Waals surface area contributed by atoms with Crippen molar-refractivity contribution in [3.05, 3.63) is 36.0 Å². The molecule has 0 saturated carbocycles. The van der Waals surface area contributed by atoms with Gasteiger partial charge in [-0.1, -0.05) is 18.2 Å². The zero-order chi connectivity index (χ0) is 28.9. The second-order valence-electron chi connectivity index (χ2n) is 8.79. The summed E-state index contributed by atoms with van der Waals surface area (Å²) >= 11 is 0. The molecule has 0 saturated heterocycles. The van der Waals surface area contributed by atoms with Gasteiger partial charge in [-0.2, -0.15) is 0 Å². The van der Waals surface area contributed by atoms with E-state index < -0.39 is 60.8 Å². The van der Waals surface area contributed by atoms with Crippen LogP contribution in [0.5, 0.6) is 0 Å². The molecule has 3 atom stereocenters. The molecule has 15 nitrogen and oxygen atoms in total. The van der Waals surface area contributed by atoms with E-state index in [1.807, 2.05) is 24.3 Å². The van der Waals surface area contributed by atoms with E-state index >= 15 is 0 Å². The SMILES string of the molecule is NC(N)=NCCCC(NC(=O)CNC(=O)C(CCC(=O)O)NC(=O)C(N)Cc1c[nH]c2ccccc12)C(=O)O. The molecule has 3 unspecified atom stereocenters. The number of nitrogens with two attached hydrogens (primary N) is 3. The minimum Gasteiger partial charge on any atom is -0.481 e. The maximum absolute atomic E-state index is 12.7. The standard InChI is InChI=1S/C24H34N8O7/c25-15(10-13-11-29-16-5-2-1-4-14(13)16)21(36)32-17(7-8-20(34)35)22(37)30-12-19(33)31-18(23(38)39)6-3-9-28-24(26)27/h1-2,4-5,11,15,17-18,29H,3,6-10,12,25H2,(H,30,37)(H,31,33)(H,32,36)(H,34,35)(H,38,39)(H4,26,27,28). The Kier molecular flexibility index (Phi) is 11.7. The van der Waals surface area contributed by atoms with Crippen molar-refractivity contribution in [2.75, 3.05) is 13.1 Å². The Morgan fingerprint density at radius 2 is 1.69 bits per heavy atom. The van der Waals surface area contributed by atoms with Gasteiger partial charge in [0.15, 0.2) is 5.96 Å². The summed E-state index contributed by atoms with van der Waals surface area (Å²) in [4.78, 5) is 67.0. The molecule has 12 N–H and O–H groups in total. The number of aliphatic carboxylic acids is 2. The van der Waals surface area contributed by atoms with Gasteiger partial charge >= 0.3 is 11.9 Å². The van der Waals surface area contributed by atoms with Crippen LogP contribution in [0.25, 0.3) is 10.9 Å². The summed E-state index contributed by atoms with van der Waals surface area (Å²) in [6.45, 7) is -0.427. The summed E-state index contributed by atoms with van der Waals surface area (Å²) in [5, 5.41) is 26.3. The highest BCUT2D eigenvalue weighted by atomic mass is 16.4. The molecule has 1 aromatic heterocycles. The quantitative estimate of drug-likeness (QED) is 0.0642. The van der Waals surface area contributed by atoms with Crippen LogP contribution in [0, 0.1) is 0 Å². The van der Waals surface area contributed by atoms with Gasteiger partial charge in [-0.3, -0.25) is 24.2 Å². The van der Waals surface area contributed by atoms with Crippen molar-refractivity contribution in [3.8, 4) is 0 Å². The number of carbonyl (C=O) groups excluding carboxylic acids is 3. The van der Waals surface area contributed by atoms with Crippen LogP contribution in [0.4, 0.5) is 0 Å². The summed E-state index contributed by atoms with van der Waals surface area (Å²) in [6.07, 6.45) is 1.53. The lowest BCUT2D eigenvalue weighted by Gasteiger charge is -2.20. The van der Waals surface area contributed by atoms with E-state index in [1.54, 1.807) is 6.20 Å². The van der Waals surface area contributed by atoms with Crippen LogP contribution in [0.2, 0.25) is 0 Å². The number of carboxylic acid groups (broad SMARTS) is 2. The van der Waals surface area contributed by atoms with Crippen LogP contribution < -0.4 is 33.2 Å². The number of hydrogen-bond donors (Lipinski definition) is 9. The first-order chi connectivity index (χ1) is 18.5. The smallest absolute Gasteiger partial charge is 0.326 e. The highest BCUT2D eigenvalue weighted by Gasteiger charge is 2.26. The number of hydrogen-bond acceptors (Lipinski definition) is 7. The lowest BCUT2D eigenvalue weighted by Crippen LogP contribution is -2.54. The zero-order valence-electron chi connectivity index (χ0n) is 21.2. The largest absolute Gasteiger partial charge is 0.481 e. The third-order valence-electron chi connectivity index (χ3n) is 5.73. The first kappa shape index (κ1) is 30.6. The first-order valence-corrected chi connectivity index (χ1v) is 12.2. The first-order valence-electron chi connectivity index (χ1n) is 12.2. The Hall–Kier alpha value is -4.66. The highest BCUT2D eigenvalue weighted by molar-refractivity contribution is 5.93. The second-order valence-corrected chi connectivity index (χ2v) is 8.79. The Morgan fingerprint density at radius 1 is 0.974 bits per heavy atom. The monoisotopic (exact) mass is 546 g/mol. The van der Waals surface area contributed by atoms with Gasteiger partial charge in [-0.05, 0) is 37.3 Å². The van der Waals surface area contributed by atoms with Gasteiger partial charge < -0.3 is 48.3 Å². The predicted molar refractivity (Wildman–Crippen MR) is 141 cm³/mol. The van der Waals surface area contributed by atoms with Gasteiger partial charge in [0, 0.05) is 30.1 Å². The molecule has 0 spiro atoms. The predicted octanol–water partition coefficient (Wildman–Crippen LogP) is -1.87. The van der Waals surface area contributed by atoms with Gasteiger partial charge in [0.2, 0.25) is 17.7 Å². The minimum absolute atomic E-state index is 0.0391. The molecule has 212 valence electrons. The third-order valence-corrected chi connectivity index (χ3v) is 5.73. The highest BCUT2D eigenvalue weighted by Crippen LogP contribution is 2.18. The van der Waals surface area contributed by atoms with Gasteiger partial charge in [-0.15, -0.1) is 0 Å². The van der Waals surface area contributed by atoms with E-state index in [0.29, 0.717) is 0 Å². The van der Waals surface area contributed by atoms with Gasteiger partial charge in [-0.25, -0.2) is 4.79 Å². The van der Waals surface area contributed by atoms with E-state index in [0.717, 1.165) is 16.5 Å². The number of fused-ring (bicyclic) bond motifs is 1. The third kappa shape index (κ3) is 10.3. The summed E-state index contributed by atoms with van der Waals surface area (Å²) in [7, 11) is 0. The number of aliphatic imine (C=N–C) groups is 1. The minimum atomic E-state index is -1.29. The van der Waals surface area contributed by atoms with E-state index in [4.69, 9.17) is 22.3 Å². The molecule has 0 aliphatic rings. The topological polar surface area (TPSA) is 268 Å². The summed E-state index contributed by atoms with van der Waals surface area (Å²) in [6, 6.07) is 3.88. The van der Waals surface area contributed by atoms with Crippen LogP contribution >= 0.6 is 0 Å². The Morgan fingerprint density at radius 3 is 2.36 bits per heavy atom. The van der Waals surface area contributed by atoms with E-state index in [2.05, 4.69) is 25.9 Å². The zero-order valence-corrected chi connectivity index (χ0v) is 21.2. The number of aromatic nitrogens is 1. The number of para-hydroxylation sites is 1. The molecule has 2 aromatic rings. The average Bonchev–Trinajstić information content (AvgIpc) is 3.28. The van der Waals surface area contributed by atoms with Crippen LogP contribution in [0.3, 0.4) is 0 Å². The number of nitrogens with zero attached hydrogens (tertiary/aromatic N) is 1. The molecule has 3 amide bonds. The van der Waals surface area contributed by atoms with Crippen molar-refractivity contribution < 1.29 is 34.2 Å². The number of amides is 3. The number of rotatable bonds is 16. The van der Waals surface area contributed by atoms with Crippen molar-refractivity contribution in [2.45, 2.75) is 50.2 Å². The van der Waals surface area contributed by atoms with Crippen molar-refractivity contribution in [1.29, 1.82) is 0 Å². The molecule has 1 heterocycles. The molecule has 0 radical (unpaired) electrons. The lowest BCUT2D eigenvalue weighted by atomic mass is 10.0. The molecule has 2 rings (SSSR count). The number of H-pyrrole nitrogens is 1. The Labute approximate surface area is 223 Å². The van der Waals surface area contributed by atoms with E-state index in [9.17, 15) is 29.1 Å². The lowest BCUT2D eigenvalue weighted by molar-refractivity contribution is -0.142. The number of aromatic amines is 1. The molecule has 0 bridgehead atoms. The molecule has 0 aliphatic heterocycles. The number of guanidine groups is 1. The summed E-state index contributed by atoms with van der Waals surface area (Å²) < 4.78 is 0. The van der Waals surface area contributed by atoms with Gasteiger partial charge in [0.25, 0.3) is 0 Å². The number of carboxylic acids is 2. The van der Waals surface area contributed by atoms with Crippen LogP contribution in [0.15, 0.2) is 35.5 Å². The summed E-state index contributed by atoms with van der Waals surface area (Å²) in [5.74, 6) is -4.90. The fraction of sp³-hybridized carbons (Fsp3) is 0.417. The van der Waals surface area contributed by atoms with Crippen molar-refractivity contribution in [2.24, 2.45) is 22.2 Å². The number of benzene rings is 1. The van der Waals surface area contributed by atoms with Crippen molar-refractivity contribution in [3.63, 3.8) is 0 Å². The molecular weight excluding hydrogens is 512 g/mol. The second kappa shape index (κ2) is 14.9. The van der Waals surface area contributed by atoms with E-state index in [-0.39, 0.29) is 38.2 Å². The normalized spacial score (nSPS) is 13.1. The average molecular weight is 547 g/mol. The van der Waals surface area contributed by atoms with Crippen LogP contribution in [-0.2, 0) is 30.4 Å². The van der Waals surface area contributed by atoms with Crippen molar-refractivity contribution in [1.82, 2.24) is 20.9 Å². The molecule has 15 heteroatoms. The molecular formula is C24H34N8O7. The Balaban J connectivity index is 1.94. The molecule has 1 aromatic carbocycles.